The van der Waals surface area contributed by atoms with Crippen LogP contribution >= 0.6 is 11.8 Å². The first-order chi connectivity index (χ1) is 13.0. The molecule has 140 valence electrons. The number of amides is 1. The highest BCUT2D eigenvalue weighted by molar-refractivity contribution is 8.00. The van der Waals surface area contributed by atoms with Gasteiger partial charge in [0.05, 0.1) is 11.7 Å². The number of ketones is 1. The molecular formula is C21H21NO4S. The monoisotopic (exact) mass is 383 g/mol. The molecular weight excluding hydrogens is 362 g/mol. The summed E-state index contributed by atoms with van der Waals surface area (Å²) in [5.74, 6) is -1.16. The van der Waals surface area contributed by atoms with E-state index in [1.165, 1.54) is 11.8 Å². The summed E-state index contributed by atoms with van der Waals surface area (Å²) in [7, 11) is 0. The second-order valence-electron chi connectivity index (χ2n) is 6.53. The molecule has 1 aliphatic rings. The van der Waals surface area contributed by atoms with Crippen molar-refractivity contribution in [2.75, 3.05) is 18.8 Å². The van der Waals surface area contributed by atoms with Crippen LogP contribution in [0.15, 0.2) is 59.5 Å². The maximum absolute atomic E-state index is 12.7. The summed E-state index contributed by atoms with van der Waals surface area (Å²) < 4.78 is 0. The molecule has 5 nitrogen and oxygen atoms in total. The fourth-order valence-corrected chi connectivity index (χ4v) is 3.97. The quantitative estimate of drug-likeness (QED) is 0.609. The predicted molar refractivity (Wildman–Crippen MR) is 104 cm³/mol. The smallest absolute Gasteiger partial charge is 0.308 e. The Balaban J connectivity index is 1.64. The minimum absolute atomic E-state index is 0.0395. The third-order valence-electron chi connectivity index (χ3n) is 4.60. The Morgan fingerprint density at radius 3 is 2.52 bits per heavy atom. The van der Waals surface area contributed by atoms with Crippen molar-refractivity contribution in [1.29, 1.82) is 0 Å². The number of nitrogens with zero attached hydrogens (tertiary/aromatic N) is 1. The number of hydrogen-bond donors (Lipinski definition) is 1. The Morgan fingerprint density at radius 2 is 1.78 bits per heavy atom. The van der Waals surface area contributed by atoms with E-state index in [4.69, 9.17) is 0 Å². The molecule has 1 saturated heterocycles. The molecule has 3 rings (SSSR count). The zero-order chi connectivity index (χ0) is 19.2. The van der Waals surface area contributed by atoms with Gasteiger partial charge < -0.3 is 10.0 Å². The van der Waals surface area contributed by atoms with E-state index in [9.17, 15) is 19.5 Å². The maximum atomic E-state index is 12.7. The summed E-state index contributed by atoms with van der Waals surface area (Å²) in [5.41, 5.74) is 1.20. The lowest BCUT2D eigenvalue weighted by Crippen LogP contribution is -2.42. The van der Waals surface area contributed by atoms with Gasteiger partial charge in [0.25, 0.3) is 5.91 Å². The summed E-state index contributed by atoms with van der Waals surface area (Å²) in [6.07, 6.45) is 1.30. The van der Waals surface area contributed by atoms with Gasteiger partial charge in [-0.25, -0.2) is 0 Å². The van der Waals surface area contributed by atoms with Gasteiger partial charge in [0.15, 0.2) is 5.78 Å². The van der Waals surface area contributed by atoms with Gasteiger partial charge in [0.2, 0.25) is 0 Å². The van der Waals surface area contributed by atoms with Crippen molar-refractivity contribution >= 4 is 29.4 Å². The van der Waals surface area contributed by atoms with Gasteiger partial charge in [0, 0.05) is 29.1 Å². The van der Waals surface area contributed by atoms with Gasteiger partial charge in [-0.1, -0.05) is 36.4 Å². The minimum Gasteiger partial charge on any atom is -0.481 e. The molecule has 2 aromatic rings. The number of benzene rings is 2. The molecule has 1 aliphatic heterocycles. The third kappa shape index (κ3) is 4.98. The van der Waals surface area contributed by atoms with Gasteiger partial charge in [-0.05, 0) is 31.0 Å². The van der Waals surface area contributed by atoms with E-state index in [2.05, 4.69) is 0 Å². The molecule has 0 bridgehead atoms. The van der Waals surface area contributed by atoms with Crippen molar-refractivity contribution in [3.8, 4) is 0 Å². The molecule has 1 heterocycles. The molecule has 0 aromatic heterocycles. The Bertz CT molecular complexity index is 837. The molecule has 6 heteroatoms. The second-order valence-corrected chi connectivity index (χ2v) is 7.58. The highest BCUT2D eigenvalue weighted by atomic mass is 32.2. The SMILES string of the molecule is O=C(CSc1cccc(C(=O)N2CCCC(C(=O)O)C2)c1)c1ccccc1. The highest BCUT2D eigenvalue weighted by Crippen LogP contribution is 2.23. The number of piperidine rings is 1. The van der Waals surface area contributed by atoms with Crippen LogP contribution in [-0.4, -0.2) is 46.5 Å². The minimum atomic E-state index is -0.851. The van der Waals surface area contributed by atoms with Gasteiger partial charge >= 0.3 is 5.97 Å². The summed E-state index contributed by atoms with van der Waals surface area (Å²) >= 11 is 1.39. The van der Waals surface area contributed by atoms with Crippen molar-refractivity contribution < 1.29 is 19.5 Å². The van der Waals surface area contributed by atoms with E-state index in [0.29, 0.717) is 36.3 Å². The first-order valence-electron chi connectivity index (χ1n) is 8.88. The Morgan fingerprint density at radius 1 is 1.04 bits per heavy atom. The molecule has 2 aromatic carbocycles. The number of carboxylic acid groups (broad SMARTS) is 1. The molecule has 1 amide bonds. The molecule has 0 spiro atoms. The van der Waals surface area contributed by atoms with Crippen molar-refractivity contribution in [3.05, 3.63) is 65.7 Å². The molecule has 1 atom stereocenters. The fraction of sp³-hybridized carbons (Fsp3) is 0.286. The number of thioether (sulfide) groups is 1. The topological polar surface area (TPSA) is 74.7 Å². The van der Waals surface area contributed by atoms with Crippen LogP contribution in [0.1, 0.15) is 33.6 Å². The van der Waals surface area contributed by atoms with E-state index < -0.39 is 11.9 Å². The van der Waals surface area contributed by atoms with Crippen LogP contribution in [0.25, 0.3) is 0 Å². The standard InChI is InChI=1S/C21H21NO4S/c23-19(15-6-2-1-3-7-15)14-27-18-10-4-8-16(12-18)20(24)22-11-5-9-17(13-22)21(25)26/h1-4,6-8,10,12,17H,5,9,11,13-14H2,(H,25,26). The van der Waals surface area contributed by atoms with Gasteiger partial charge in [-0.3, -0.25) is 14.4 Å². The second kappa shape index (κ2) is 8.86. The molecule has 0 aliphatic carbocycles. The van der Waals surface area contributed by atoms with Crippen LogP contribution in [0.4, 0.5) is 0 Å². The van der Waals surface area contributed by atoms with Crippen LogP contribution in [0.5, 0.6) is 0 Å². The molecule has 1 fully saturated rings. The van der Waals surface area contributed by atoms with Crippen LogP contribution in [0.3, 0.4) is 0 Å². The van der Waals surface area contributed by atoms with Gasteiger partial charge in [-0.2, -0.15) is 0 Å². The first-order valence-corrected chi connectivity index (χ1v) is 9.86. The average Bonchev–Trinajstić information content (AvgIpc) is 2.72. The molecule has 1 unspecified atom stereocenters. The highest BCUT2D eigenvalue weighted by Gasteiger charge is 2.28. The Kier molecular flexibility index (Phi) is 6.29. The normalized spacial score (nSPS) is 16.7. The van der Waals surface area contributed by atoms with E-state index >= 15 is 0 Å². The number of carbonyl (C=O) groups excluding carboxylic acids is 2. The van der Waals surface area contributed by atoms with Gasteiger partial charge in [-0.15, -0.1) is 11.8 Å². The van der Waals surface area contributed by atoms with Gasteiger partial charge in [0.1, 0.15) is 0 Å². The Hall–Kier alpha value is -2.60. The zero-order valence-corrected chi connectivity index (χ0v) is 15.7. The van der Waals surface area contributed by atoms with E-state index in [1.807, 2.05) is 24.3 Å². The summed E-state index contributed by atoms with van der Waals surface area (Å²) in [5, 5.41) is 9.20. The van der Waals surface area contributed by atoms with Crippen molar-refractivity contribution in [3.63, 3.8) is 0 Å². The largest absolute Gasteiger partial charge is 0.481 e. The average molecular weight is 383 g/mol. The number of likely N-dealkylation sites (tertiary alicyclic amines) is 1. The van der Waals surface area contributed by atoms with E-state index in [0.717, 1.165) is 4.90 Å². The van der Waals surface area contributed by atoms with Crippen molar-refractivity contribution in [2.24, 2.45) is 5.92 Å². The van der Waals surface area contributed by atoms with Crippen molar-refractivity contribution in [1.82, 2.24) is 4.90 Å². The number of hydrogen-bond acceptors (Lipinski definition) is 4. The molecule has 1 N–H and O–H groups in total. The lowest BCUT2D eigenvalue weighted by Gasteiger charge is -2.30. The lowest BCUT2D eigenvalue weighted by atomic mass is 9.97. The number of Topliss-reactive ketones (excluding diaryl/α,β-unsaturated/α-hetero) is 1. The number of carboxylic acids is 1. The fourth-order valence-electron chi connectivity index (χ4n) is 3.12. The Labute approximate surface area is 162 Å². The van der Waals surface area contributed by atoms with Crippen molar-refractivity contribution in [2.45, 2.75) is 17.7 Å². The van der Waals surface area contributed by atoms with E-state index in [-0.39, 0.29) is 18.2 Å². The first kappa shape index (κ1) is 19.2. The van der Waals surface area contributed by atoms with Crippen LogP contribution in [-0.2, 0) is 4.79 Å². The van der Waals surface area contributed by atoms with Crippen LogP contribution < -0.4 is 0 Å². The maximum Gasteiger partial charge on any atom is 0.308 e. The predicted octanol–water partition coefficient (Wildman–Crippen LogP) is 3.60. The summed E-state index contributed by atoms with van der Waals surface area (Å²) in [6, 6.07) is 16.3. The van der Waals surface area contributed by atoms with Crippen LogP contribution in [0, 0.1) is 5.92 Å². The molecule has 27 heavy (non-hydrogen) atoms. The molecule has 0 saturated carbocycles. The van der Waals surface area contributed by atoms with E-state index in [1.54, 1.807) is 35.2 Å². The zero-order valence-electron chi connectivity index (χ0n) is 14.8. The lowest BCUT2D eigenvalue weighted by molar-refractivity contribution is -0.143. The summed E-state index contributed by atoms with van der Waals surface area (Å²) in [6.45, 7) is 0.824. The third-order valence-corrected chi connectivity index (χ3v) is 5.60. The molecule has 0 radical (unpaired) electrons. The number of aliphatic carboxylic acids is 1. The number of rotatable bonds is 6. The van der Waals surface area contributed by atoms with Crippen LogP contribution in [0.2, 0.25) is 0 Å². The number of carbonyl (C=O) groups is 3. The summed E-state index contributed by atoms with van der Waals surface area (Å²) in [4.78, 5) is 38.6.